The number of allylic oxidation sites excluding steroid dienone is 5. The second-order valence-electron chi connectivity index (χ2n) is 5.66. The van der Waals surface area contributed by atoms with Crippen molar-refractivity contribution < 1.29 is 14.5 Å². The molecule has 0 aromatic heterocycles. The van der Waals surface area contributed by atoms with Gasteiger partial charge >= 0.3 is 0 Å². The Morgan fingerprint density at radius 3 is 2.59 bits per heavy atom. The maximum atomic E-state index is 12.2. The fourth-order valence-corrected chi connectivity index (χ4v) is 3.35. The zero-order chi connectivity index (χ0) is 16.5. The van der Waals surface area contributed by atoms with Crippen molar-refractivity contribution in [2.45, 2.75) is 19.4 Å². The third-order valence-electron chi connectivity index (χ3n) is 3.72. The molecule has 1 heterocycles. The molecule has 0 atom stereocenters. The number of methoxy groups -OCH3 is 1. The van der Waals surface area contributed by atoms with Gasteiger partial charge in [-0.3, -0.25) is 14.9 Å². The van der Waals surface area contributed by atoms with Gasteiger partial charge in [0.25, 0.3) is 5.70 Å². The first-order valence-corrected chi connectivity index (χ1v) is 7.70. The third-order valence-corrected chi connectivity index (χ3v) is 5.27. The summed E-state index contributed by atoms with van der Waals surface area (Å²) < 4.78 is 4.93. The number of thioether (sulfide) groups is 1. The standard InChI is InChI=1S/C15H18N2O4S/c1-15(2)9-22-13(16(15)3)6-5-10-7-11(17(19)20)8-12(21-4)14(10)18/h5-8H,9H2,1-4H3/b10-5+,13-6-. The fraction of sp³-hybridized carbons (Fsp3) is 0.400. The van der Waals surface area contributed by atoms with Crippen LogP contribution < -0.4 is 0 Å². The second kappa shape index (κ2) is 6.00. The highest BCUT2D eigenvalue weighted by Gasteiger charge is 2.32. The molecule has 0 bridgehead atoms. The van der Waals surface area contributed by atoms with E-state index in [1.165, 1.54) is 13.2 Å². The molecule has 6 nitrogen and oxygen atoms in total. The van der Waals surface area contributed by atoms with E-state index in [4.69, 9.17) is 4.74 Å². The van der Waals surface area contributed by atoms with Gasteiger partial charge in [-0.2, -0.15) is 0 Å². The molecule has 0 amide bonds. The molecule has 1 fully saturated rings. The number of nitro groups is 1. The van der Waals surface area contributed by atoms with E-state index in [0.29, 0.717) is 0 Å². The van der Waals surface area contributed by atoms with Crippen molar-refractivity contribution >= 4 is 17.5 Å². The monoisotopic (exact) mass is 322 g/mol. The van der Waals surface area contributed by atoms with Crippen LogP contribution in [0.3, 0.4) is 0 Å². The van der Waals surface area contributed by atoms with Crippen LogP contribution in [0.1, 0.15) is 13.8 Å². The van der Waals surface area contributed by atoms with Crippen molar-refractivity contribution in [2.75, 3.05) is 19.9 Å². The van der Waals surface area contributed by atoms with Crippen molar-refractivity contribution in [1.29, 1.82) is 0 Å². The number of rotatable bonds is 3. The number of carbonyl (C=O) groups is 1. The average molecular weight is 322 g/mol. The highest BCUT2D eigenvalue weighted by molar-refractivity contribution is 8.03. The van der Waals surface area contributed by atoms with E-state index in [1.807, 2.05) is 13.1 Å². The molecule has 0 aromatic carbocycles. The Morgan fingerprint density at radius 1 is 1.41 bits per heavy atom. The van der Waals surface area contributed by atoms with E-state index in [1.54, 1.807) is 17.8 Å². The molecule has 118 valence electrons. The molecule has 2 aliphatic rings. The molecule has 0 N–H and O–H groups in total. The summed E-state index contributed by atoms with van der Waals surface area (Å²) in [7, 11) is 3.32. The van der Waals surface area contributed by atoms with E-state index in [9.17, 15) is 14.9 Å². The largest absolute Gasteiger partial charge is 0.492 e. The van der Waals surface area contributed by atoms with Gasteiger partial charge in [-0.05, 0) is 26.0 Å². The van der Waals surface area contributed by atoms with Crippen LogP contribution in [0.4, 0.5) is 0 Å². The van der Waals surface area contributed by atoms with Crippen molar-refractivity contribution in [2.24, 2.45) is 0 Å². The highest BCUT2D eigenvalue weighted by atomic mass is 32.2. The number of carbonyl (C=O) groups excluding carboxylic acids is 1. The number of hydrogen-bond acceptors (Lipinski definition) is 6. The molecule has 1 aliphatic carbocycles. The van der Waals surface area contributed by atoms with Gasteiger partial charge in [0, 0.05) is 30.0 Å². The van der Waals surface area contributed by atoms with Crippen LogP contribution in [0.5, 0.6) is 0 Å². The number of ether oxygens (including phenoxy) is 1. The molecule has 0 radical (unpaired) electrons. The minimum absolute atomic E-state index is 0.0217. The molecule has 0 unspecified atom stereocenters. The van der Waals surface area contributed by atoms with Gasteiger partial charge in [-0.25, -0.2) is 0 Å². The van der Waals surface area contributed by atoms with Gasteiger partial charge in [0.05, 0.1) is 23.1 Å². The van der Waals surface area contributed by atoms with Crippen LogP contribution in [-0.2, 0) is 9.53 Å². The summed E-state index contributed by atoms with van der Waals surface area (Å²) in [5.41, 5.74) is 0.136. The lowest BCUT2D eigenvalue weighted by atomic mass is 10.0. The second-order valence-corrected chi connectivity index (χ2v) is 6.65. The molecule has 7 heteroatoms. The Morgan fingerprint density at radius 2 is 2.09 bits per heavy atom. The SMILES string of the molecule is COC1=CC([N+](=O)[O-])=C/C(=C\C=C2/SCC(C)(C)N2C)C1=O. The van der Waals surface area contributed by atoms with Crippen molar-refractivity contribution in [3.05, 3.63) is 56.5 Å². The van der Waals surface area contributed by atoms with Gasteiger partial charge in [0.1, 0.15) is 0 Å². The lowest BCUT2D eigenvalue weighted by Gasteiger charge is -2.28. The first kappa shape index (κ1) is 16.4. The zero-order valence-corrected chi connectivity index (χ0v) is 13.8. The molecule has 0 spiro atoms. The van der Waals surface area contributed by atoms with E-state index in [0.717, 1.165) is 16.9 Å². The van der Waals surface area contributed by atoms with Crippen LogP contribution in [0.2, 0.25) is 0 Å². The Hall–Kier alpha value is -2.02. The summed E-state index contributed by atoms with van der Waals surface area (Å²) in [5, 5.41) is 12.0. The Labute approximate surface area is 133 Å². The van der Waals surface area contributed by atoms with Crippen LogP contribution in [-0.4, -0.2) is 41.1 Å². The van der Waals surface area contributed by atoms with Crippen LogP contribution in [0.15, 0.2) is 46.4 Å². The molecular formula is C15H18N2O4S. The third kappa shape index (κ3) is 3.09. The summed E-state index contributed by atoms with van der Waals surface area (Å²) in [5.74, 6) is 0.576. The molecule has 2 rings (SSSR count). The van der Waals surface area contributed by atoms with Gasteiger partial charge in [0.15, 0.2) is 5.76 Å². The van der Waals surface area contributed by atoms with Gasteiger partial charge in [-0.15, -0.1) is 11.8 Å². The number of hydrogen-bond donors (Lipinski definition) is 0. The summed E-state index contributed by atoms with van der Waals surface area (Å²) in [4.78, 5) is 24.7. The summed E-state index contributed by atoms with van der Waals surface area (Å²) >= 11 is 1.69. The van der Waals surface area contributed by atoms with Crippen LogP contribution in [0.25, 0.3) is 0 Å². The first-order valence-electron chi connectivity index (χ1n) is 6.71. The lowest BCUT2D eigenvalue weighted by Crippen LogP contribution is -2.35. The normalized spacial score (nSPS) is 24.5. The quantitative estimate of drug-likeness (QED) is 0.451. The van der Waals surface area contributed by atoms with Crippen molar-refractivity contribution in [3.63, 3.8) is 0 Å². The number of ketones is 1. The molecule has 22 heavy (non-hydrogen) atoms. The Bertz CT molecular complexity index is 644. The molecule has 1 aliphatic heterocycles. The lowest BCUT2D eigenvalue weighted by molar-refractivity contribution is -0.419. The van der Waals surface area contributed by atoms with E-state index in [2.05, 4.69) is 18.7 Å². The maximum absolute atomic E-state index is 12.2. The molecule has 0 saturated carbocycles. The number of nitrogens with zero attached hydrogens (tertiary/aromatic N) is 2. The van der Waals surface area contributed by atoms with E-state index >= 15 is 0 Å². The number of Topliss-reactive ketones (excluding diaryl/α,β-unsaturated/α-hetero) is 1. The smallest absolute Gasteiger partial charge is 0.274 e. The minimum Gasteiger partial charge on any atom is -0.492 e. The fourth-order valence-electron chi connectivity index (χ4n) is 2.05. The van der Waals surface area contributed by atoms with Gasteiger partial charge < -0.3 is 9.64 Å². The summed E-state index contributed by atoms with van der Waals surface area (Å²) in [6, 6.07) is 0. The summed E-state index contributed by atoms with van der Waals surface area (Å²) in [6.45, 7) is 4.27. The zero-order valence-electron chi connectivity index (χ0n) is 13.0. The van der Waals surface area contributed by atoms with Crippen molar-refractivity contribution in [1.82, 2.24) is 4.90 Å². The van der Waals surface area contributed by atoms with Gasteiger partial charge in [0.2, 0.25) is 5.78 Å². The van der Waals surface area contributed by atoms with E-state index in [-0.39, 0.29) is 28.4 Å². The van der Waals surface area contributed by atoms with Crippen molar-refractivity contribution in [3.8, 4) is 0 Å². The average Bonchev–Trinajstić information content (AvgIpc) is 2.72. The van der Waals surface area contributed by atoms with Crippen LogP contribution in [0, 0.1) is 10.1 Å². The molecular weight excluding hydrogens is 304 g/mol. The minimum atomic E-state index is -0.536. The molecule has 0 aromatic rings. The Kier molecular flexibility index (Phi) is 4.46. The van der Waals surface area contributed by atoms with Crippen LogP contribution >= 0.6 is 11.8 Å². The highest BCUT2D eigenvalue weighted by Crippen LogP contribution is 2.38. The summed E-state index contributed by atoms with van der Waals surface area (Å²) in [6.07, 6.45) is 5.84. The topological polar surface area (TPSA) is 72.7 Å². The Balaban J connectivity index is 2.33. The predicted molar refractivity (Wildman–Crippen MR) is 85.6 cm³/mol. The molecule has 1 saturated heterocycles. The maximum Gasteiger partial charge on any atom is 0.274 e. The van der Waals surface area contributed by atoms with E-state index < -0.39 is 4.92 Å². The first-order chi connectivity index (χ1) is 10.3. The predicted octanol–water partition coefficient (Wildman–Crippen LogP) is 2.49. The van der Waals surface area contributed by atoms with Gasteiger partial charge in [-0.1, -0.05) is 0 Å².